The topological polar surface area (TPSA) is 69.2 Å². The maximum Gasteiger partial charge on any atom is 0.262 e. The molecule has 1 amide bonds. The molecule has 1 aromatic carbocycles. The van der Waals surface area contributed by atoms with Gasteiger partial charge in [0.1, 0.15) is 18.4 Å². The summed E-state index contributed by atoms with van der Waals surface area (Å²) in [5, 5.41) is 7.55. The number of benzene rings is 1. The van der Waals surface area contributed by atoms with Crippen LogP contribution in [0.15, 0.2) is 17.2 Å². The molecule has 1 saturated heterocycles. The number of hydrazone groups is 1. The highest BCUT2D eigenvalue weighted by atomic mass is 16.5. The largest absolute Gasteiger partial charge is 0.483 e. The summed E-state index contributed by atoms with van der Waals surface area (Å²) >= 11 is 0. The molecule has 4 heterocycles. The quantitative estimate of drug-likeness (QED) is 0.783. The molecule has 1 fully saturated rings. The van der Waals surface area contributed by atoms with Crippen LogP contribution in [0.1, 0.15) is 19.4 Å². The molecule has 0 radical (unpaired) electrons. The van der Waals surface area contributed by atoms with Crippen LogP contribution in [-0.4, -0.2) is 49.6 Å². The molecular formula is C17H21N5O2. The molecule has 0 spiro atoms. The predicted molar refractivity (Wildman–Crippen MR) is 91.8 cm³/mol. The fourth-order valence-electron chi connectivity index (χ4n) is 4.15. The maximum absolute atomic E-state index is 12.1. The summed E-state index contributed by atoms with van der Waals surface area (Å²) in [6.07, 6.45) is 1.04. The highest BCUT2D eigenvalue weighted by Crippen LogP contribution is 2.44. The lowest BCUT2D eigenvalue weighted by atomic mass is 9.92. The van der Waals surface area contributed by atoms with Crippen LogP contribution in [0.25, 0.3) is 0 Å². The van der Waals surface area contributed by atoms with Crippen molar-refractivity contribution in [3.05, 3.63) is 17.7 Å². The molecular weight excluding hydrogens is 306 g/mol. The van der Waals surface area contributed by atoms with E-state index < -0.39 is 0 Å². The fourth-order valence-corrected chi connectivity index (χ4v) is 4.15. The minimum Gasteiger partial charge on any atom is -0.483 e. The van der Waals surface area contributed by atoms with E-state index in [9.17, 15) is 4.79 Å². The van der Waals surface area contributed by atoms with Gasteiger partial charge in [-0.2, -0.15) is 5.10 Å². The molecule has 7 nitrogen and oxygen atoms in total. The zero-order valence-corrected chi connectivity index (χ0v) is 13.9. The van der Waals surface area contributed by atoms with Gasteiger partial charge in [0.05, 0.1) is 11.2 Å². The van der Waals surface area contributed by atoms with Gasteiger partial charge in [0, 0.05) is 25.3 Å². The van der Waals surface area contributed by atoms with Crippen LogP contribution in [-0.2, 0) is 11.2 Å². The van der Waals surface area contributed by atoms with Crippen molar-refractivity contribution in [3.8, 4) is 5.75 Å². The molecule has 0 aliphatic carbocycles. The van der Waals surface area contributed by atoms with E-state index in [1.165, 1.54) is 11.3 Å². The average Bonchev–Trinajstić information content (AvgIpc) is 2.97. The zero-order valence-electron chi connectivity index (χ0n) is 13.9. The Kier molecular flexibility index (Phi) is 2.72. The molecule has 4 aliphatic rings. The summed E-state index contributed by atoms with van der Waals surface area (Å²) in [5.74, 6) is 1.53. The highest BCUT2D eigenvalue weighted by Gasteiger charge is 2.42. The van der Waals surface area contributed by atoms with E-state index in [4.69, 9.17) is 4.74 Å². The number of amidine groups is 1. The molecule has 7 heteroatoms. The molecule has 0 saturated carbocycles. The third-order valence-electron chi connectivity index (χ3n) is 5.68. The van der Waals surface area contributed by atoms with Crippen molar-refractivity contribution in [2.75, 3.05) is 36.0 Å². The molecule has 126 valence electrons. The van der Waals surface area contributed by atoms with Gasteiger partial charge in [-0.25, -0.2) is 5.43 Å². The highest BCUT2D eigenvalue weighted by molar-refractivity contribution is 6.09. The monoisotopic (exact) mass is 327 g/mol. The third-order valence-corrected chi connectivity index (χ3v) is 5.68. The van der Waals surface area contributed by atoms with Gasteiger partial charge in [0.25, 0.3) is 5.91 Å². The van der Waals surface area contributed by atoms with Crippen LogP contribution < -0.4 is 25.3 Å². The van der Waals surface area contributed by atoms with Gasteiger partial charge < -0.3 is 19.9 Å². The second kappa shape index (κ2) is 4.63. The second-order valence-electron chi connectivity index (χ2n) is 7.29. The Morgan fingerprint density at radius 3 is 2.92 bits per heavy atom. The number of fused-ring (bicyclic) bond motifs is 4. The first kappa shape index (κ1) is 14.1. The van der Waals surface area contributed by atoms with Gasteiger partial charge in [0.15, 0.2) is 5.84 Å². The van der Waals surface area contributed by atoms with Crippen LogP contribution in [0.4, 0.5) is 11.4 Å². The second-order valence-corrected chi connectivity index (χ2v) is 7.29. The van der Waals surface area contributed by atoms with Crippen LogP contribution in [0.2, 0.25) is 0 Å². The first-order valence-electron chi connectivity index (χ1n) is 8.51. The van der Waals surface area contributed by atoms with Crippen molar-refractivity contribution in [2.45, 2.75) is 31.8 Å². The Morgan fingerprint density at radius 1 is 1.33 bits per heavy atom. The Hall–Kier alpha value is -2.28. The summed E-state index contributed by atoms with van der Waals surface area (Å²) in [7, 11) is 0. The average molecular weight is 327 g/mol. The van der Waals surface area contributed by atoms with Crippen molar-refractivity contribution < 1.29 is 9.53 Å². The van der Waals surface area contributed by atoms with E-state index >= 15 is 0 Å². The minimum atomic E-state index is -0.283. The number of anilines is 2. The number of hydrogen-bond acceptors (Lipinski definition) is 6. The summed E-state index contributed by atoms with van der Waals surface area (Å²) in [6.45, 7) is 7.65. The maximum atomic E-state index is 12.1. The SMILES string of the molecule is C[C@@H]1C(=O)NN=C2COc3cc4c(cc3N21)N(C1(C)CNC1)CC4. The standard InChI is InChI=1S/C17H21N5O2/c1-10-16(23)20-19-15-7-24-14-5-11-3-4-21(17(2)8-18-9-17)12(11)6-13(14)22(10)15/h5-6,10,18H,3-4,7-9H2,1-2H3,(H,20,23)/t10-/m1/s1. The lowest BCUT2D eigenvalue weighted by Gasteiger charge is -2.48. The molecule has 0 bridgehead atoms. The van der Waals surface area contributed by atoms with Gasteiger partial charge in [-0.15, -0.1) is 0 Å². The van der Waals surface area contributed by atoms with E-state index in [1.54, 1.807) is 0 Å². The van der Waals surface area contributed by atoms with E-state index in [1.807, 2.05) is 11.8 Å². The van der Waals surface area contributed by atoms with Crippen molar-refractivity contribution >= 4 is 23.1 Å². The number of nitrogens with zero attached hydrogens (tertiary/aromatic N) is 3. The minimum absolute atomic E-state index is 0.0842. The molecule has 1 atom stereocenters. The van der Waals surface area contributed by atoms with Gasteiger partial charge in [-0.05, 0) is 38.0 Å². The summed E-state index contributed by atoms with van der Waals surface area (Å²) < 4.78 is 5.91. The van der Waals surface area contributed by atoms with Gasteiger partial charge in [-0.1, -0.05) is 0 Å². The first-order chi connectivity index (χ1) is 11.6. The van der Waals surface area contributed by atoms with Crippen LogP contribution >= 0.6 is 0 Å². The number of ether oxygens (including phenoxy) is 1. The van der Waals surface area contributed by atoms with E-state index in [2.05, 4.69) is 39.8 Å². The smallest absolute Gasteiger partial charge is 0.262 e. The number of carbonyl (C=O) groups is 1. The van der Waals surface area contributed by atoms with E-state index in [0.29, 0.717) is 6.61 Å². The predicted octanol–water partition coefficient (Wildman–Crippen LogP) is 0.442. The molecule has 1 aromatic rings. The third kappa shape index (κ3) is 1.76. The number of nitrogens with one attached hydrogen (secondary N) is 2. The molecule has 4 aliphatic heterocycles. The van der Waals surface area contributed by atoms with Gasteiger partial charge >= 0.3 is 0 Å². The fraction of sp³-hybridized carbons (Fsp3) is 0.529. The number of carbonyl (C=O) groups excluding carboxylic acids is 1. The lowest BCUT2D eigenvalue weighted by Crippen LogP contribution is -2.67. The molecule has 0 unspecified atom stereocenters. The first-order valence-corrected chi connectivity index (χ1v) is 8.51. The van der Waals surface area contributed by atoms with Gasteiger partial charge in [0.2, 0.25) is 0 Å². The number of hydrogen-bond donors (Lipinski definition) is 2. The Bertz CT molecular complexity index is 770. The Morgan fingerprint density at radius 2 is 2.17 bits per heavy atom. The summed E-state index contributed by atoms with van der Waals surface area (Å²) in [5.41, 5.74) is 6.29. The van der Waals surface area contributed by atoms with Gasteiger partial charge in [-0.3, -0.25) is 4.79 Å². The number of rotatable bonds is 1. The Balaban J connectivity index is 1.61. The normalized spacial score (nSPS) is 26.5. The summed E-state index contributed by atoms with van der Waals surface area (Å²) in [6, 6.07) is 4.05. The zero-order chi connectivity index (χ0) is 16.5. The van der Waals surface area contributed by atoms with Crippen LogP contribution in [0.3, 0.4) is 0 Å². The van der Waals surface area contributed by atoms with Crippen molar-refractivity contribution in [3.63, 3.8) is 0 Å². The van der Waals surface area contributed by atoms with Crippen LogP contribution in [0.5, 0.6) is 5.75 Å². The van der Waals surface area contributed by atoms with Crippen molar-refractivity contribution in [2.24, 2.45) is 5.10 Å². The lowest BCUT2D eigenvalue weighted by molar-refractivity contribution is -0.122. The summed E-state index contributed by atoms with van der Waals surface area (Å²) in [4.78, 5) is 16.6. The van der Waals surface area contributed by atoms with Crippen molar-refractivity contribution in [1.29, 1.82) is 0 Å². The molecule has 0 aromatic heterocycles. The molecule has 5 rings (SSSR count). The van der Waals surface area contributed by atoms with Crippen molar-refractivity contribution in [1.82, 2.24) is 10.7 Å². The van der Waals surface area contributed by atoms with E-state index in [-0.39, 0.29) is 17.5 Å². The van der Waals surface area contributed by atoms with E-state index in [0.717, 1.165) is 43.3 Å². The number of amides is 1. The molecule has 2 N–H and O–H groups in total. The van der Waals surface area contributed by atoms with Crippen LogP contribution in [0, 0.1) is 0 Å². The Labute approximate surface area is 140 Å². The molecule has 24 heavy (non-hydrogen) atoms.